The number of amides is 1. The van der Waals surface area contributed by atoms with Crippen molar-refractivity contribution >= 4 is 33.4 Å². The van der Waals surface area contributed by atoms with Crippen LogP contribution in [0, 0.1) is 0 Å². The van der Waals surface area contributed by atoms with Crippen LogP contribution in [0.15, 0.2) is 46.9 Å². The average molecular weight is 367 g/mol. The van der Waals surface area contributed by atoms with Crippen molar-refractivity contribution in [1.82, 2.24) is 5.32 Å². The largest absolute Gasteiger partial charge is 0.493 e. The monoisotopic (exact) mass is 365 g/mol. The van der Waals surface area contributed by atoms with Crippen LogP contribution in [0.4, 0.5) is 0 Å². The highest BCUT2D eigenvalue weighted by atomic mass is 79.9. The number of hydrogen-bond donors (Lipinski definition) is 1. The highest BCUT2D eigenvalue weighted by molar-refractivity contribution is 9.10. The maximum Gasteiger partial charge on any atom is 0.252 e. The summed E-state index contributed by atoms with van der Waals surface area (Å²) < 4.78 is 6.38. The van der Waals surface area contributed by atoms with Crippen molar-refractivity contribution in [3.05, 3.63) is 63.1 Å². The molecule has 1 heterocycles. The van der Waals surface area contributed by atoms with Gasteiger partial charge in [-0.1, -0.05) is 23.7 Å². The van der Waals surface area contributed by atoms with Crippen LogP contribution in [0.25, 0.3) is 0 Å². The first-order chi connectivity index (χ1) is 10.1. The molecule has 0 saturated carbocycles. The van der Waals surface area contributed by atoms with E-state index >= 15 is 0 Å². The summed E-state index contributed by atoms with van der Waals surface area (Å²) in [5.74, 6) is 0.670. The van der Waals surface area contributed by atoms with Crippen molar-refractivity contribution < 1.29 is 9.53 Å². The lowest BCUT2D eigenvalue weighted by atomic mass is 10.00. The highest BCUT2D eigenvalue weighted by Crippen LogP contribution is 2.34. The van der Waals surface area contributed by atoms with Crippen LogP contribution in [0.5, 0.6) is 5.75 Å². The molecule has 108 valence electrons. The van der Waals surface area contributed by atoms with Crippen LogP contribution in [0.1, 0.15) is 28.4 Å². The Bertz CT molecular complexity index is 690. The third-order valence-electron chi connectivity index (χ3n) is 3.44. The molecule has 0 bridgehead atoms. The number of carbonyl (C=O) groups excluding carboxylic acids is 1. The van der Waals surface area contributed by atoms with Gasteiger partial charge in [-0.2, -0.15) is 0 Å². The summed E-state index contributed by atoms with van der Waals surface area (Å²) in [5.41, 5.74) is 1.54. The van der Waals surface area contributed by atoms with E-state index in [0.717, 1.165) is 22.2 Å². The molecule has 0 aromatic heterocycles. The van der Waals surface area contributed by atoms with Gasteiger partial charge in [0, 0.05) is 21.5 Å². The minimum atomic E-state index is -0.111. The molecule has 5 heteroatoms. The molecule has 0 fully saturated rings. The summed E-state index contributed by atoms with van der Waals surface area (Å²) >= 11 is 9.44. The van der Waals surface area contributed by atoms with E-state index in [9.17, 15) is 4.79 Å². The molecule has 21 heavy (non-hydrogen) atoms. The fourth-order valence-electron chi connectivity index (χ4n) is 2.40. The van der Waals surface area contributed by atoms with E-state index in [1.54, 1.807) is 12.1 Å². The number of hydrogen-bond acceptors (Lipinski definition) is 2. The molecule has 0 aliphatic carbocycles. The standard InChI is InChI=1S/C16H13BrClNO2/c17-13-4-2-1-3-11(13)16(20)19-14-7-8-21-15-6-5-10(18)9-12(14)15/h1-6,9,14H,7-8H2,(H,19,20). The molecule has 3 nitrogen and oxygen atoms in total. The maximum atomic E-state index is 12.4. The lowest BCUT2D eigenvalue weighted by Gasteiger charge is -2.27. The van der Waals surface area contributed by atoms with Crippen LogP contribution in [0.2, 0.25) is 5.02 Å². The number of halogens is 2. The van der Waals surface area contributed by atoms with Crippen molar-refractivity contribution in [2.45, 2.75) is 12.5 Å². The number of rotatable bonds is 2. The lowest BCUT2D eigenvalue weighted by molar-refractivity contribution is 0.0924. The van der Waals surface area contributed by atoms with Gasteiger partial charge in [-0.05, 0) is 46.3 Å². The van der Waals surface area contributed by atoms with Crippen LogP contribution in [0.3, 0.4) is 0 Å². The molecule has 1 atom stereocenters. The Labute approximate surface area is 136 Å². The van der Waals surface area contributed by atoms with Gasteiger partial charge < -0.3 is 10.1 Å². The topological polar surface area (TPSA) is 38.3 Å². The molecule has 1 aliphatic rings. The first-order valence-electron chi connectivity index (χ1n) is 6.63. The van der Waals surface area contributed by atoms with Crippen molar-refractivity contribution in [1.29, 1.82) is 0 Å². The van der Waals surface area contributed by atoms with Gasteiger partial charge in [-0.15, -0.1) is 0 Å². The summed E-state index contributed by atoms with van der Waals surface area (Å²) in [6, 6.07) is 12.8. The van der Waals surface area contributed by atoms with E-state index < -0.39 is 0 Å². The molecule has 0 saturated heterocycles. The predicted octanol–water partition coefficient (Wildman–Crippen LogP) is 4.36. The van der Waals surface area contributed by atoms with E-state index in [1.165, 1.54) is 0 Å². The molecule has 1 amide bonds. The number of fused-ring (bicyclic) bond motifs is 1. The quantitative estimate of drug-likeness (QED) is 0.858. The summed E-state index contributed by atoms with van der Waals surface area (Å²) in [5, 5.41) is 3.69. The van der Waals surface area contributed by atoms with Crippen molar-refractivity contribution in [3.63, 3.8) is 0 Å². The van der Waals surface area contributed by atoms with Gasteiger partial charge in [0.1, 0.15) is 5.75 Å². The molecule has 1 unspecified atom stereocenters. The van der Waals surface area contributed by atoms with Gasteiger partial charge >= 0.3 is 0 Å². The molecular weight excluding hydrogens is 354 g/mol. The van der Waals surface area contributed by atoms with E-state index in [1.807, 2.05) is 30.3 Å². The molecule has 1 N–H and O–H groups in total. The third-order valence-corrected chi connectivity index (χ3v) is 4.36. The Balaban J connectivity index is 1.85. The van der Waals surface area contributed by atoms with Gasteiger partial charge in [0.15, 0.2) is 0 Å². The zero-order valence-corrected chi connectivity index (χ0v) is 13.4. The van der Waals surface area contributed by atoms with Crippen LogP contribution >= 0.6 is 27.5 Å². The number of nitrogens with one attached hydrogen (secondary N) is 1. The van der Waals surface area contributed by atoms with Crippen molar-refractivity contribution in [3.8, 4) is 5.75 Å². The SMILES string of the molecule is O=C(NC1CCOc2ccc(Cl)cc21)c1ccccc1Br. The Morgan fingerprint density at radius 3 is 2.90 bits per heavy atom. The molecule has 1 aliphatic heterocycles. The minimum Gasteiger partial charge on any atom is -0.493 e. The number of ether oxygens (including phenoxy) is 1. The van der Waals surface area contributed by atoms with Crippen LogP contribution in [-0.2, 0) is 0 Å². The Morgan fingerprint density at radius 1 is 1.29 bits per heavy atom. The van der Waals surface area contributed by atoms with Gasteiger partial charge in [0.05, 0.1) is 18.2 Å². The molecule has 0 radical (unpaired) electrons. The normalized spacial score (nSPS) is 16.8. The average Bonchev–Trinajstić information content (AvgIpc) is 2.48. The Hall–Kier alpha value is -1.52. The predicted molar refractivity (Wildman–Crippen MR) is 85.9 cm³/mol. The van der Waals surface area contributed by atoms with Gasteiger partial charge in [-0.3, -0.25) is 4.79 Å². The Kier molecular flexibility index (Phi) is 4.17. The van der Waals surface area contributed by atoms with Gasteiger partial charge in [0.25, 0.3) is 5.91 Å². The second-order valence-corrected chi connectivity index (χ2v) is 6.12. The second-order valence-electron chi connectivity index (χ2n) is 4.83. The molecule has 3 rings (SSSR count). The van der Waals surface area contributed by atoms with E-state index in [4.69, 9.17) is 16.3 Å². The minimum absolute atomic E-state index is 0.0907. The third kappa shape index (κ3) is 3.06. The fraction of sp³-hybridized carbons (Fsp3) is 0.188. The van der Waals surface area contributed by atoms with Gasteiger partial charge in [-0.25, -0.2) is 0 Å². The second kappa shape index (κ2) is 6.08. The first kappa shape index (κ1) is 14.4. The van der Waals surface area contributed by atoms with Crippen LogP contribution < -0.4 is 10.1 Å². The fourth-order valence-corrected chi connectivity index (χ4v) is 3.04. The van der Waals surface area contributed by atoms with Crippen molar-refractivity contribution in [2.75, 3.05) is 6.61 Å². The summed E-state index contributed by atoms with van der Waals surface area (Å²) in [4.78, 5) is 12.4. The van der Waals surface area contributed by atoms with E-state index in [-0.39, 0.29) is 11.9 Å². The molecule has 2 aromatic carbocycles. The zero-order chi connectivity index (χ0) is 14.8. The molecular formula is C16H13BrClNO2. The first-order valence-corrected chi connectivity index (χ1v) is 7.80. The zero-order valence-electron chi connectivity index (χ0n) is 11.1. The lowest BCUT2D eigenvalue weighted by Crippen LogP contribution is -2.32. The summed E-state index contributed by atoms with van der Waals surface area (Å²) in [6.07, 6.45) is 0.726. The summed E-state index contributed by atoms with van der Waals surface area (Å²) in [6.45, 7) is 0.579. The smallest absolute Gasteiger partial charge is 0.252 e. The highest BCUT2D eigenvalue weighted by Gasteiger charge is 2.24. The van der Waals surface area contributed by atoms with E-state index in [0.29, 0.717) is 17.2 Å². The van der Waals surface area contributed by atoms with Crippen molar-refractivity contribution in [2.24, 2.45) is 0 Å². The summed E-state index contributed by atoms with van der Waals surface area (Å²) in [7, 11) is 0. The number of carbonyl (C=O) groups is 1. The van der Waals surface area contributed by atoms with Crippen LogP contribution in [-0.4, -0.2) is 12.5 Å². The van der Waals surface area contributed by atoms with E-state index in [2.05, 4.69) is 21.2 Å². The molecule has 2 aromatic rings. The maximum absolute atomic E-state index is 12.4. The Morgan fingerprint density at radius 2 is 2.10 bits per heavy atom. The number of benzene rings is 2. The molecule has 0 spiro atoms. The van der Waals surface area contributed by atoms with Gasteiger partial charge in [0.2, 0.25) is 0 Å².